The van der Waals surface area contributed by atoms with Crippen LogP contribution < -0.4 is 5.73 Å². The predicted octanol–water partition coefficient (Wildman–Crippen LogP) is 1.59. The second kappa shape index (κ2) is 5.60. The van der Waals surface area contributed by atoms with Crippen molar-refractivity contribution in [3.63, 3.8) is 0 Å². The van der Waals surface area contributed by atoms with Gasteiger partial charge in [0.25, 0.3) is 0 Å². The summed E-state index contributed by atoms with van der Waals surface area (Å²) in [6.45, 7) is 1.68. The number of piperidine rings is 1. The number of benzene rings is 1. The van der Waals surface area contributed by atoms with Gasteiger partial charge in [-0.25, -0.2) is 0 Å². The smallest absolute Gasteiger partial charge is 0.225 e. The van der Waals surface area contributed by atoms with Crippen LogP contribution in [0.3, 0.4) is 0 Å². The molecule has 1 saturated carbocycles. The lowest BCUT2D eigenvalue weighted by Gasteiger charge is -2.41. The Morgan fingerprint density at radius 2 is 1.91 bits per heavy atom. The lowest BCUT2D eigenvalue weighted by atomic mass is 9.73. The number of carbonyl (C=O) groups excluding carboxylic acids is 1. The summed E-state index contributed by atoms with van der Waals surface area (Å²) in [6.07, 6.45) is 5.18. The number of aliphatic hydroxyl groups excluding tert-OH is 1. The van der Waals surface area contributed by atoms with Crippen LogP contribution in [-0.4, -0.2) is 41.1 Å². The maximum absolute atomic E-state index is 12.7. The Hall–Kier alpha value is -1.39. The molecule has 0 bridgehead atoms. The van der Waals surface area contributed by atoms with Crippen molar-refractivity contribution in [3.8, 4) is 0 Å². The zero-order valence-electron chi connectivity index (χ0n) is 13.6. The number of rotatable bonds is 1. The van der Waals surface area contributed by atoms with Gasteiger partial charge in [-0.05, 0) is 55.1 Å². The maximum atomic E-state index is 12.7. The van der Waals surface area contributed by atoms with Gasteiger partial charge in [-0.3, -0.25) is 4.79 Å². The molecule has 4 nitrogen and oxygen atoms in total. The molecule has 4 rings (SSSR count). The van der Waals surface area contributed by atoms with Gasteiger partial charge >= 0.3 is 0 Å². The number of likely N-dealkylation sites (tertiary alicyclic amines) is 1. The van der Waals surface area contributed by atoms with Crippen molar-refractivity contribution in [1.29, 1.82) is 0 Å². The lowest BCUT2D eigenvalue weighted by molar-refractivity contribution is -0.137. The number of nitrogens with two attached hydrogens (primary N) is 1. The van der Waals surface area contributed by atoms with Crippen molar-refractivity contribution < 1.29 is 9.90 Å². The fraction of sp³-hybridized carbons (Fsp3) is 0.632. The third-order valence-electron chi connectivity index (χ3n) is 6.42. The molecule has 124 valence electrons. The molecule has 1 aromatic rings. The van der Waals surface area contributed by atoms with Gasteiger partial charge in [0.2, 0.25) is 5.91 Å². The molecule has 1 aliphatic heterocycles. The standard InChI is InChI=1S/C19H26N2O2/c20-16-11-14(12-17(16)22)18(23)21-9-7-19(8-10-21)6-5-13-3-1-2-4-15(13)19/h1-4,14,16-17,22H,5-12,20H2/t14-,16-,17-/m0/s1. The van der Waals surface area contributed by atoms with Crippen LogP contribution in [0.4, 0.5) is 0 Å². The van der Waals surface area contributed by atoms with Crippen LogP contribution in [0.1, 0.15) is 43.2 Å². The molecule has 3 atom stereocenters. The average Bonchev–Trinajstić information content (AvgIpc) is 3.10. The summed E-state index contributed by atoms with van der Waals surface area (Å²) < 4.78 is 0. The summed E-state index contributed by atoms with van der Waals surface area (Å²) in [4.78, 5) is 14.7. The minimum absolute atomic E-state index is 0.0788. The second-order valence-corrected chi connectivity index (χ2v) is 7.66. The summed E-state index contributed by atoms with van der Waals surface area (Å²) in [7, 11) is 0. The monoisotopic (exact) mass is 314 g/mol. The van der Waals surface area contributed by atoms with Crippen molar-refractivity contribution in [3.05, 3.63) is 35.4 Å². The van der Waals surface area contributed by atoms with Crippen LogP contribution in [-0.2, 0) is 16.6 Å². The average molecular weight is 314 g/mol. The van der Waals surface area contributed by atoms with Gasteiger partial charge in [0, 0.05) is 25.0 Å². The minimum atomic E-state index is -0.512. The predicted molar refractivity (Wildman–Crippen MR) is 89.0 cm³/mol. The first kappa shape index (κ1) is 15.2. The highest BCUT2D eigenvalue weighted by Gasteiger charge is 2.43. The molecular weight excluding hydrogens is 288 g/mol. The zero-order chi connectivity index (χ0) is 16.0. The molecule has 1 amide bonds. The first-order valence-corrected chi connectivity index (χ1v) is 8.90. The van der Waals surface area contributed by atoms with E-state index in [1.54, 1.807) is 0 Å². The van der Waals surface area contributed by atoms with Crippen molar-refractivity contribution in [2.75, 3.05) is 13.1 Å². The Kier molecular flexibility index (Phi) is 3.69. The van der Waals surface area contributed by atoms with E-state index >= 15 is 0 Å². The van der Waals surface area contributed by atoms with Crippen LogP contribution >= 0.6 is 0 Å². The molecule has 1 aromatic carbocycles. The van der Waals surface area contributed by atoms with E-state index in [-0.39, 0.29) is 17.9 Å². The Morgan fingerprint density at radius 3 is 2.61 bits per heavy atom. The Bertz CT molecular complexity index is 597. The Balaban J connectivity index is 1.43. The van der Waals surface area contributed by atoms with Crippen LogP contribution in [0, 0.1) is 5.92 Å². The van der Waals surface area contributed by atoms with Gasteiger partial charge in [0.1, 0.15) is 0 Å². The Labute approximate surface area is 137 Å². The second-order valence-electron chi connectivity index (χ2n) is 7.66. The molecule has 1 saturated heterocycles. The van der Waals surface area contributed by atoms with Gasteiger partial charge in [-0.1, -0.05) is 24.3 Å². The number of aliphatic hydroxyl groups is 1. The summed E-state index contributed by atoms with van der Waals surface area (Å²) >= 11 is 0. The van der Waals surface area contributed by atoms with E-state index in [0.717, 1.165) is 25.9 Å². The third-order valence-corrected chi connectivity index (χ3v) is 6.42. The number of aryl methyl sites for hydroxylation is 1. The molecular formula is C19H26N2O2. The molecule has 1 spiro atoms. The first-order valence-electron chi connectivity index (χ1n) is 8.90. The maximum Gasteiger partial charge on any atom is 0.225 e. The number of amides is 1. The molecule has 3 N–H and O–H groups in total. The molecule has 2 aliphatic carbocycles. The largest absolute Gasteiger partial charge is 0.391 e. The van der Waals surface area contributed by atoms with E-state index in [0.29, 0.717) is 18.3 Å². The fourth-order valence-electron chi connectivity index (χ4n) is 4.95. The van der Waals surface area contributed by atoms with E-state index in [1.807, 2.05) is 4.90 Å². The van der Waals surface area contributed by atoms with Crippen molar-refractivity contribution in [2.24, 2.45) is 11.7 Å². The van der Waals surface area contributed by atoms with Crippen molar-refractivity contribution in [2.45, 2.75) is 56.1 Å². The number of hydrogen-bond donors (Lipinski definition) is 2. The summed E-state index contributed by atoms with van der Waals surface area (Å²) in [6, 6.07) is 8.58. The highest BCUT2D eigenvalue weighted by molar-refractivity contribution is 5.79. The molecule has 1 heterocycles. The van der Waals surface area contributed by atoms with E-state index in [9.17, 15) is 9.90 Å². The SMILES string of the molecule is N[C@H]1C[C@H](C(=O)N2CCC3(CCc4ccccc43)CC2)C[C@@H]1O. The number of nitrogens with zero attached hydrogens (tertiary/aromatic N) is 1. The zero-order valence-corrected chi connectivity index (χ0v) is 13.6. The van der Waals surface area contributed by atoms with Gasteiger partial charge in [-0.2, -0.15) is 0 Å². The summed E-state index contributed by atoms with van der Waals surface area (Å²) in [5.41, 5.74) is 9.17. The minimum Gasteiger partial charge on any atom is -0.391 e. The molecule has 2 fully saturated rings. The molecule has 3 aliphatic rings. The van der Waals surface area contributed by atoms with Gasteiger partial charge in [0.15, 0.2) is 0 Å². The number of fused-ring (bicyclic) bond motifs is 2. The number of hydrogen-bond acceptors (Lipinski definition) is 3. The van der Waals surface area contributed by atoms with Crippen LogP contribution in [0.15, 0.2) is 24.3 Å². The van der Waals surface area contributed by atoms with E-state index < -0.39 is 6.10 Å². The van der Waals surface area contributed by atoms with E-state index in [2.05, 4.69) is 24.3 Å². The van der Waals surface area contributed by atoms with E-state index in [1.165, 1.54) is 24.0 Å². The van der Waals surface area contributed by atoms with Crippen LogP contribution in [0.5, 0.6) is 0 Å². The third kappa shape index (κ3) is 2.48. The van der Waals surface area contributed by atoms with Crippen molar-refractivity contribution in [1.82, 2.24) is 4.90 Å². The number of carbonyl (C=O) groups is 1. The Morgan fingerprint density at radius 1 is 1.17 bits per heavy atom. The fourth-order valence-corrected chi connectivity index (χ4v) is 4.95. The highest BCUT2D eigenvalue weighted by atomic mass is 16.3. The topological polar surface area (TPSA) is 66.6 Å². The molecule has 0 radical (unpaired) electrons. The quantitative estimate of drug-likeness (QED) is 0.827. The lowest BCUT2D eigenvalue weighted by Crippen LogP contribution is -2.46. The van der Waals surface area contributed by atoms with Gasteiger partial charge < -0.3 is 15.7 Å². The normalized spacial score (nSPS) is 32.3. The summed E-state index contributed by atoms with van der Waals surface area (Å²) in [5.74, 6) is 0.128. The van der Waals surface area contributed by atoms with E-state index in [4.69, 9.17) is 5.73 Å². The first-order chi connectivity index (χ1) is 11.1. The van der Waals surface area contributed by atoms with Gasteiger partial charge in [0.05, 0.1) is 6.10 Å². The molecule has 0 unspecified atom stereocenters. The molecule has 0 aromatic heterocycles. The van der Waals surface area contributed by atoms with Crippen LogP contribution in [0.25, 0.3) is 0 Å². The molecule has 4 heteroatoms. The highest BCUT2D eigenvalue weighted by Crippen LogP contribution is 2.46. The summed E-state index contributed by atoms with van der Waals surface area (Å²) in [5, 5.41) is 9.80. The van der Waals surface area contributed by atoms with Gasteiger partial charge in [-0.15, -0.1) is 0 Å². The molecule has 23 heavy (non-hydrogen) atoms. The van der Waals surface area contributed by atoms with Crippen molar-refractivity contribution >= 4 is 5.91 Å². The van der Waals surface area contributed by atoms with Crippen LogP contribution in [0.2, 0.25) is 0 Å².